The third kappa shape index (κ3) is 4.39. The Labute approximate surface area is 116 Å². The van der Waals surface area contributed by atoms with Gasteiger partial charge in [0.1, 0.15) is 5.36 Å². The van der Waals surface area contributed by atoms with Crippen molar-refractivity contribution in [1.29, 1.82) is 0 Å². The highest BCUT2D eigenvalue weighted by Gasteiger charge is 2.03. The van der Waals surface area contributed by atoms with E-state index in [0.29, 0.717) is 11.1 Å². The number of hydrogen-bond acceptors (Lipinski definition) is 3. The summed E-state index contributed by atoms with van der Waals surface area (Å²) in [6.45, 7) is 13.1. The van der Waals surface area contributed by atoms with Crippen LogP contribution in [0.15, 0.2) is 17.3 Å². The van der Waals surface area contributed by atoms with Gasteiger partial charge in [0.2, 0.25) is 0 Å². The molecule has 0 aliphatic rings. The zero-order valence-corrected chi connectivity index (χ0v) is 12.7. The van der Waals surface area contributed by atoms with Gasteiger partial charge in [-0.2, -0.15) is 0 Å². The van der Waals surface area contributed by atoms with Gasteiger partial charge in [0.25, 0.3) is 0 Å². The number of pyridine rings is 1. The summed E-state index contributed by atoms with van der Waals surface area (Å²) < 4.78 is 2.07. The number of rotatable bonds is 7. The summed E-state index contributed by atoms with van der Waals surface area (Å²) >= 11 is 0. The van der Waals surface area contributed by atoms with Gasteiger partial charge in [0.05, 0.1) is 12.2 Å². The molecule has 0 spiro atoms. The molecule has 0 aromatic carbocycles. The molecule has 1 heterocycles. The number of hydrogen-bond donors (Lipinski definition) is 1. The third-order valence-electron chi connectivity index (χ3n) is 3.49. The van der Waals surface area contributed by atoms with Crippen LogP contribution in [-0.4, -0.2) is 40.8 Å². The summed E-state index contributed by atoms with van der Waals surface area (Å²) in [7, 11) is 0. The van der Waals surface area contributed by atoms with Gasteiger partial charge in [-0.25, -0.2) is 0 Å². The van der Waals surface area contributed by atoms with Crippen molar-refractivity contribution in [3.05, 3.63) is 23.3 Å². The topological polar surface area (TPSA) is 40.8 Å². The fraction of sp³-hybridized carbons (Fsp3) is 0.667. The fourth-order valence-corrected chi connectivity index (χ4v) is 2.14. The van der Waals surface area contributed by atoms with Crippen LogP contribution in [0.2, 0.25) is 0 Å². The van der Waals surface area contributed by atoms with Crippen LogP contribution in [0.1, 0.15) is 32.9 Å². The minimum atomic E-state index is 0.315. The molecule has 4 nitrogen and oxygen atoms in total. The number of aryl methyl sites for hydroxylation is 1. The van der Waals surface area contributed by atoms with E-state index in [4.69, 9.17) is 0 Å². The minimum absolute atomic E-state index is 0.315. The molecule has 1 aromatic heterocycles. The van der Waals surface area contributed by atoms with Gasteiger partial charge in [0.15, 0.2) is 5.75 Å². The molecular formula is C15H27N3O. The molecule has 0 fully saturated rings. The molecule has 19 heavy (non-hydrogen) atoms. The zero-order chi connectivity index (χ0) is 14.3. The highest BCUT2D eigenvalue weighted by Crippen LogP contribution is 2.09. The van der Waals surface area contributed by atoms with Gasteiger partial charge in [-0.05, 0) is 32.5 Å². The van der Waals surface area contributed by atoms with E-state index in [9.17, 15) is 5.11 Å². The Morgan fingerprint density at radius 3 is 2.53 bits per heavy atom. The Bertz CT molecular complexity index is 447. The summed E-state index contributed by atoms with van der Waals surface area (Å²) in [6, 6.07) is 1.90. The van der Waals surface area contributed by atoms with Crippen LogP contribution < -0.4 is 5.36 Å². The largest absolute Gasteiger partial charge is 0.504 e. The monoisotopic (exact) mass is 265 g/mol. The fourth-order valence-electron chi connectivity index (χ4n) is 2.14. The van der Waals surface area contributed by atoms with Crippen molar-refractivity contribution in [1.82, 2.24) is 9.47 Å². The molecule has 1 aromatic rings. The normalized spacial score (nSPS) is 12.4. The lowest BCUT2D eigenvalue weighted by molar-refractivity contribution is 0.312. The Morgan fingerprint density at radius 2 is 1.95 bits per heavy atom. The van der Waals surface area contributed by atoms with E-state index < -0.39 is 0 Å². The molecule has 0 saturated carbocycles. The molecule has 108 valence electrons. The predicted molar refractivity (Wildman–Crippen MR) is 79.3 cm³/mol. The van der Waals surface area contributed by atoms with Crippen molar-refractivity contribution in [3.8, 4) is 5.75 Å². The SMILES string of the molecule is CCCn1ccc(=NCCN(CC)CC)c(O)c1C. The van der Waals surface area contributed by atoms with E-state index in [-0.39, 0.29) is 0 Å². The lowest BCUT2D eigenvalue weighted by atomic mass is 10.3. The van der Waals surface area contributed by atoms with E-state index in [1.165, 1.54) is 0 Å². The lowest BCUT2D eigenvalue weighted by Gasteiger charge is -2.16. The summed E-state index contributed by atoms with van der Waals surface area (Å²) in [5, 5.41) is 10.9. The predicted octanol–water partition coefficient (Wildman–Crippen LogP) is 2.15. The van der Waals surface area contributed by atoms with E-state index >= 15 is 0 Å². The van der Waals surface area contributed by atoms with Crippen molar-refractivity contribution in [2.45, 2.75) is 40.7 Å². The highest BCUT2D eigenvalue weighted by atomic mass is 16.3. The van der Waals surface area contributed by atoms with E-state index in [0.717, 1.165) is 44.8 Å². The second-order valence-corrected chi connectivity index (χ2v) is 4.74. The lowest BCUT2D eigenvalue weighted by Crippen LogP contribution is -2.26. The second kappa shape index (κ2) is 8.00. The molecule has 0 radical (unpaired) electrons. The summed E-state index contributed by atoms with van der Waals surface area (Å²) in [5.74, 6) is 0.315. The maximum atomic E-state index is 10.2. The molecule has 4 heteroatoms. The minimum Gasteiger partial charge on any atom is -0.504 e. The Balaban J connectivity index is 2.81. The van der Waals surface area contributed by atoms with Gasteiger partial charge in [0, 0.05) is 19.3 Å². The number of aromatic nitrogens is 1. The molecule has 0 saturated heterocycles. The van der Waals surface area contributed by atoms with E-state index in [2.05, 4.69) is 35.2 Å². The molecule has 0 amide bonds. The Morgan fingerprint density at radius 1 is 1.26 bits per heavy atom. The van der Waals surface area contributed by atoms with Gasteiger partial charge in [-0.3, -0.25) is 4.99 Å². The summed E-state index contributed by atoms with van der Waals surface area (Å²) in [4.78, 5) is 6.83. The van der Waals surface area contributed by atoms with Crippen LogP contribution in [-0.2, 0) is 6.54 Å². The van der Waals surface area contributed by atoms with Gasteiger partial charge < -0.3 is 14.6 Å². The first kappa shape index (κ1) is 15.8. The quantitative estimate of drug-likeness (QED) is 0.820. The molecular weight excluding hydrogens is 238 g/mol. The number of nitrogens with zero attached hydrogens (tertiary/aromatic N) is 3. The molecule has 0 atom stereocenters. The molecule has 1 rings (SSSR count). The standard InChI is InChI=1S/C15H27N3O/c1-5-10-18-11-8-14(15(19)13(18)4)16-9-12-17(6-2)7-3/h8,11,19H,5-7,9-10,12H2,1-4H3. The number of aromatic hydroxyl groups is 1. The maximum absolute atomic E-state index is 10.2. The molecule has 0 unspecified atom stereocenters. The van der Waals surface area contributed by atoms with Crippen molar-refractivity contribution in [2.24, 2.45) is 4.99 Å². The molecule has 1 N–H and O–H groups in total. The third-order valence-corrected chi connectivity index (χ3v) is 3.49. The average Bonchev–Trinajstić information content (AvgIpc) is 2.42. The number of likely N-dealkylation sites (N-methyl/N-ethyl adjacent to an activating group) is 1. The van der Waals surface area contributed by atoms with Crippen LogP contribution in [0.5, 0.6) is 5.75 Å². The van der Waals surface area contributed by atoms with Gasteiger partial charge >= 0.3 is 0 Å². The van der Waals surface area contributed by atoms with E-state index in [1.54, 1.807) is 0 Å². The summed E-state index contributed by atoms with van der Waals surface area (Å²) in [5.41, 5.74) is 0.894. The van der Waals surface area contributed by atoms with Gasteiger partial charge in [-0.15, -0.1) is 0 Å². The molecule has 0 aliphatic heterocycles. The van der Waals surface area contributed by atoms with Crippen LogP contribution in [0.25, 0.3) is 0 Å². The maximum Gasteiger partial charge on any atom is 0.160 e. The van der Waals surface area contributed by atoms with Crippen molar-refractivity contribution >= 4 is 0 Å². The average molecular weight is 265 g/mol. The Kier molecular flexibility index (Phi) is 6.64. The van der Waals surface area contributed by atoms with Crippen LogP contribution in [0.4, 0.5) is 0 Å². The van der Waals surface area contributed by atoms with Crippen molar-refractivity contribution in [2.75, 3.05) is 26.2 Å². The van der Waals surface area contributed by atoms with Crippen LogP contribution in [0, 0.1) is 6.92 Å². The smallest absolute Gasteiger partial charge is 0.160 e. The van der Waals surface area contributed by atoms with Crippen molar-refractivity contribution in [3.63, 3.8) is 0 Å². The first-order valence-corrected chi connectivity index (χ1v) is 7.25. The second-order valence-electron chi connectivity index (χ2n) is 4.74. The first-order chi connectivity index (χ1) is 9.13. The summed E-state index contributed by atoms with van der Waals surface area (Å²) in [6.07, 6.45) is 3.07. The van der Waals surface area contributed by atoms with Gasteiger partial charge in [-0.1, -0.05) is 20.8 Å². The van der Waals surface area contributed by atoms with Crippen LogP contribution >= 0.6 is 0 Å². The van der Waals surface area contributed by atoms with Crippen LogP contribution in [0.3, 0.4) is 0 Å². The zero-order valence-electron chi connectivity index (χ0n) is 12.7. The molecule has 0 aliphatic carbocycles. The highest BCUT2D eigenvalue weighted by molar-refractivity contribution is 5.24. The molecule has 0 bridgehead atoms. The van der Waals surface area contributed by atoms with E-state index in [1.807, 2.05) is 19.2 Å². The Hall–Kier alpha value is -1.29. The first-order valence-electron chi connectivity index (χ1n) is 7.25. The van der Waals surface area contributed by atoms with Crippen molar-refractivity contribution < 1.29 is 5.11 Å².